The third-order valence-corrected chi connectivity index (χ3v) is 11.5. The fraction of sp³-hybridized carbons (Fsp3) is 0.810. The lowest BCUT2D eigenvalue weighted by Gasteiger charge is -2.14. The zero-order chi connectivity index (χ0) is 36.9. The molecule has 0 bridgehead atoms. The zero-order valence-corrected chi connectivity index (χ0v) is 35.1. The molecule has 1 atom stereocenters. The lowest BCUT2D eigenvalue weighted by atomic mass is 10.1. The van der Waals surface area contributed by atoms with Gasteiger partial charge in [0.15, 0.2) is 8.29 Å². The fourth-order valence-corrected chi connectivity index (χ4v) is 8.22. The van der Waals surface area contributed by atoms with Gasteiger partial charge in [0, 0.05) is 0 Å². The Labute approximate surface area is 326 Å². The molecule has 1 aromatic heterocycles. The first kappa shape index (κ1) is 47.6. The Balaban J connectivity index is 2.12. The highest BCUT2D eigenvalue weighted by molar-refractivity contribution is 8.02. The summed E-state index contributed by atoms with van der Waals surface area (Å²) in [6.45, 7) is 5.30. The van der Waals surface area contributed by atoms with E-state index in [2.05, 4.69) is 48.3 Å². The van der Waals surface area contributed by atoms with Crippen LogP contribution >= 0.6 is 35.3 Å². The maximum absolute atomic E-state index is 13.0. The van der Waals surface area contributed by atoms with E-state index in [1.54, 1.807) is 0 Å². The van der Waals surface area contributed by atoms with E-state index < -0.39 is 5.25 Å². The number of hydrogen-bond donors (Lipinski definition) is 1. The molecule has 0 aliphatic carbocycles. The highest BCUT2D eigenvalue weighted by atomic mass is 32.2. The third-order valence-electron chi connectivity index (χ3n) is 9.10. The first-order chi connectivity index (χ1) is 25.1. The number of nitrogens with one attached hydrogen (secondary N) is 1. The number of thioether (sulfide) groups is 1. The molecule has 0 fully saturated rings. The number of nitrogens with zero attached hydrogens (tertiary/aromatic N) is 1. The lowest BCUT2D eigenvalue weighted by molar-refractivity contribution is -0.149. The molecule has 1 heterocycles. The van der Waals surface area contributed by atoms with Crippen molar-refractivity contribution >= 4 is 47.3 Å². The van der Waals surface area contributed by atoms with Crippen molar-refractivity contribution in [2.75, 3.05) is 13.2 Å². The number of ether oxygens (including phenoxy) is 2. The molecule has 0 aliphatic heterocycles. The number of carbonyl (C=O) groups excluding carboxylic acids is 2. The van der Waals surface area contributed by atoms with Gasteiger partial charge in [-0.2, -0.15) is 5.10 Å². The van der Waals surface area contributed by atoms with E-state index in [0.29, 0.717) is 21.5 Å². The molecule has 0 aliphatic rings. The monoisotopic (exact) mass is 766 g/mol. The van der Waals surface area contributed by atoms with Gasteiger partial charge in [0.2, 0.25) is 0 Å². The second kappa shape index (κ2) is 36.9. The Morgan fingerprint density at radius 1 is 0.627 bits per heavy atom. The Morgan fingerprint density at radius 3 is 1.43 bits per heavy atom. The summed E-state index contributed by atoms with van der Waals surface area (Å²) in [6.07, 6.45) is 44.0. The normalized spacial score (nSPS) is 12.3. The first-order valence-corrected chi connectivity index (χ1v) is 23.0. The van der Waals surface area contributed by atoms with Crippen LogP contribution < -0.4 is 0 Å². The van der Waals surface area contributed by atoms with Gasteiger partial charge in [-0.25, -0.2) is 0 Å². The Bertz CT molecular complexity index is 1050. The second-order valence-corrected chi connectivity index (χ2v) is 17.1. The SMILES string of the molecule is CCCCCCCC/C=C\CCCCCCCCOC(=O)CC(Sc1n[nH]c(=S)s1)C(=O)OCCCCCCCC/C=C\CCCCCCCC. The van der Waals surface area contributed by atoms with Crippen LogP contribution in [-0.2, 0) is 19.1 Å². The number of esters is 2. The van der Waals surface area contributed by atoms with E-state index in [1.807, 2.05) is 0 Å². The van der Waals surface area contributed by atoms with Crippen LogP contribution in [0.5, 0.6) is 0 Å². The molecule has 0 radical (unpaired) electrons. The van der Waals surface area contributed by atoms with Crippen molar-refractivity contribution in [3.8, 4) is 0 Å². The minimum atomic E-state index is -0.694. The summed E-state index contributed by atoms with van der Waals surface area (Å²) >= 11 is 7.67. The van der Waals surface area contributed by atoms with Crippen LogP contribution in [0.25, 0.3) is 0 Å². The number of hydrogen-bond acceptors (Lipinski definition) is 8. The summed E-state index contributed by atoms with van der Waals surface area (Å²) in [5.74, 6) is -0.753. The van der Waals surface area contributed by atoms with Gasteiger partial charge in [0.1, 0.15) is 5.25 Å². The second-order valence-electron chi connectivity index (χ2n) is 14.0. The standard InChI is InChI=1S/C42H74N2O4S3/c1-3-5-7-9-11-13-15-17-19-21-23-25-27-29-31-33-35-47-39(45)37-38(50-42-44-43-41(49)51-42)40(46)48-36-34-32-30-28-26-24-22-20-18-16-14-12-10-8-6-4-2/h17-20,38H,3-16,21-37H2,1-2H3,(H,43,49)/b19-17-,20-18-. The Kier molecular flexibility index (Phi) is 34.4. The number of H-pyrrole nitrogens is 1. The van der Waals surface area contributed by atoms with Crippen LogP contribution in [0.2, 0.25) is 0 Å². The molecule has 294 valence electrons. The number of aromatic amines is 1. The van der Waals surface area contributed by atoms with Crippen molar-refractivity contribution < 1.29 is 19.1 Å². The Hall–Kier alpha value is -1.45. The molecule has 1 rings (SSSR count). The molecule has 1 N–H and O–H groups in total. The molecule has 0 aromatic carbocycles. The summed E-state index contributed by atoms with van der Waals surface area (Å²) in [5.41, 5.74) is 0. The molecule has 1 aromatic rings. The van der Waals surface area contributed by atoms with E-state index >= 15 is 0 Å². The topological polar surface area (TPSA) is 81.3 Å². The number of allylic oxidation sites excluding steroid dienone is 4. The van der Waals surface area contributed by atoms with Crippen molar-refractivity contribution in [3.05, 3.63) is 28.3 Å². The lowest BCUT2D eigenvalue weighted by Crippen LogP contribution is -2.25. The molecular weight excluding hydrogens is 693 g/mol. The molecule has 6 nitrogen and oxygen atoms in total. The average Bonchev–Trinajstić information content (AvgIpc) is 3.54. The van der Waals surface area contributed by atoms with E-state index in [0.717, 1.165) is 38.5 Å². The highest BCUT2D eigenvalue weighted by Crippen LogP contribution is 2.28. The van der Waals surface area contributed by atoms with Crippen molar-refractivity contribution in [2.24, 2.45) is 0 Å². The maximum Gasteiger partial charge on any atom is 0.320 e. The van der Waals surface area contributed by atoms with Gasteiger partial charge in [0.05, 0.1) is 19.6 Å². The molecule has 1 unspecified atom stereocenters. The van der Waals surface area contributed by atoms with E-state index in [9.17, 15) is 9.59 Å². The molecule has 0 saturated heterocycles. The number of unbranched alkanes of at least 4 members (excludes halogenated alkanes) is 24. The van der Waals surface area contributed by atoms with Crippen molar-refractivity contribution in [1.29, 1.82) is 0 Å². The minimum absolute atomic E-state index is 0.0321. The largest absolute Gasteiger partial charge is 0.466 e. The van der Waals surface area contributed by atoms with E-state index in [1.165, 1.54) is 164 Å². The van der Waals surface area contributed by atoms with Crippen LogP contribution in [0.4, 0.5) is 0 Å². The Morgan fingerprint density at radius 2 is 1.02 bits per heavy atom. The van der Waals surface area contributed by atoms with Crippen LogP contribution in [0.3, 0.4) is 0 Å². The first-order valence-electron chi connectivity index (χ1n) is 20.9. The summed E-state index contributed by atoms with van der Waals surface area (Å²) < 4.78 is 12.3. The average molecular weight is 767 g/mol. The quantitative estimate of drug-likeness (QED) is 0.0237. The van der Waals surface area contributed by atoms with Gasteiger partial charge >= 0.3 is 11.9 Å². The number of carbonyl (C=O) groups is 2. The van der Waals surface area contributed by atoms with E-state index in [-0.39, 0.29) is 18.4 Å². The molecule has 0 saturated carbocycles. The highest BCUT2D eigenvalue weighted by Gasteiger charge is 2.27. The van der Waals surface area contributed by atoms with Gasteiger partial charge in [-0.15, -0.1) is 0 Å². The van der Waals surface area contributed by atoms with Crippen molar-refractivity contribution in [1.82, 2.24) is 10.2 Å². The van der Waals surface area contributed by atoms with Gasteiger partial charge in [0.25, 0.3) is 0 Å². The summed E-state index contributed by atoms with van der Waals surface area (Å²) in [5, 5.41) is 6.21. The van der Waals surface area contributed by atoms with Crippen LogP contribution in [0.15, 0.2) is 28.6 Å². The van der Waals surface area contributed by atoms with Crippen molar-refractivity contribution in [2.45, 2.75) is 210 Å². The van der Waals surface area contributed by atoms with Crippen molar-refractivity contribution in [3.63, 3.8) is 0 Å². The van der Waals surface area contributed by atoms with Gasteiger partial charge in [-0.05, 0) is 76.4 Å². The predicted octanol–water partition coefficient (Wildman–Crippen LogP) is 14.2. The van der Waals surface area contributed by atoms with Gasteiger partial charge < -0.3 is 9.47 Å². The summed E-state index contributed by atoms with van der Waals surface area (Å²) in [6, 6.07) is 0. The fourth-order valence-electron chi connectivity index (χ4n) is 5.92. The molecule has 9 heteroatoms. The predicted molar refractivity (Wildman–Crippen MR) is 222 cm³/mol. The molecule has 0 amide bonds. The van der Waals surface area contributed by atoms with Gasteiger partial charge in [-0.3, -0.25) is 14.7 Å². The number of rotatable bonds is 37. The zero-order valence-electron chi connectivity index (χ0n) is 32.6. The summed E-state index contributed by atoms with van der Waals surface area (Å²) in [7, 11) is 0. The van der Waals surface area contributed by atoms with Crippen LogP contribution in [-0.4, -0.2) is 40.6 Å². The van der Waals surface area contributed by atoms with Crippen LogP contribution in [0, 0.1) is 3.95 Å². The maximum atomic E-state index is 13.0. The molecule has 0 spiro atoms. The minimum Gasteiger partial charge on any atom is -0.466 e. The van der Waals surface area contributed by atoms with Gasteiger partial charge in [-0.1, -0.05) is 177 Å². The van der Waals surface area contributed by atoms with Crippen LogP contribution in [0.1, 0.15) is 200 Å². The summed E-state index contributed by atoms with van der Waals surface area (Å²) in [4.78, 5) is 25.6. The molecular formula is C42H74N2O4S3. The smallest absolute Gasteiger partial charge is 0.320 e. The number of aromatic nitrogens is 2. The molecule has 51 heavy (non-hydrogen) atoms. The third kappa shape index (κ3) is 31.8. The van der Waals surface area contributed by atoms with E-state index in [4.69, 9.17) is 21.7 Å².